The summed E-state index contributed by atoms with van der Waals surface area (Å²) in [7, 11) is 0. The van der Waals surface area contributed by atoms with Crippen molar-refractivity contribution in [2.45, 2.75) is 13.8 Å². The number of aryl methyl sites for hydroxylation is 2. The molecule has 1 heteroatoms. The molecule has 0 bridgehead atoms. The Morgan fingerprint density at radius 3 is 2.04 bits per heavy atom. The third kappa shape index (κ3) is 3.63. The molecule has 4 rings (SSSR count). The Morgan fingerprint density at radius 2 is 1.30 bits per heavy atom. The molecule has 0 aliphatic carbocycles. The average Bonchev–Trinajstić information content (AvgIpc) is 2.72. The lowest BCUT2D eigenvalue weighted by Crippen LogP contribution is -2.10. The molecule has 0 fully saturated rings. The van der Waals surface area contributed by atoms with Crippen LogP contribution in [-0.2, 0) is 0 Å². The fourth-order valence-electron chi connectivity index (χ4n) is 3.22. The van der Waals surface area contributed by atoms with Gasteiger partial charge in [0.2, 0.25) is 0 Å². The van der Waals surface area contributed by atoms with E-state index in [0.29, 0.717) is 12.1 Å². The summed E-state index contributed by atoms with van der Waals surface area (Å²) in [4.78, 5) is 2.15. The van der Waals surface area contributed by atoms with E-state index in [1.165, 1.54) is 11.1 Å². The maximum Gasteiger partial charge on any atom is 0.0624 e. The van der Waals surface area contributed by atoms with Crippen LogP contribution in [0.2, 0.25) is 0 Å². The van der Waals surface area contributed by atoms with Gasteiger partial charge in [0.05, 0.1) is 2.74 Å². The van der Waals surface area contributed by atoms with Gasteiger partial charge in [-0.25, -0.2) is 0 Å². The third-order valence-electron chi connectivity index (χ3n) is 4.85. The molecule has 0 radical (unpaired) electrons. The molecule has 4 aromatic rings. The van der Waals surface area contributed by atoms with Gasteiger partial charge in [0.15, 0.2) is 0 Å². The zero-order valence-electron chi connectivity index (χ0n) is 17.6. The predicted octanol–water partition coefficient (Wildman–Crippen LogP) is 7.44. The van der Waals surface area contributed by atoms with Gasteiger partial charge in [-0.05, 0) is 72.5 Å². The molecule has 0 spiro atoms. The minimum atomic E-state index is 0.465. The summed E-state index contributed by atoms with van der Waals surface area (Å²) in [5.41, 5.74) is 7.49. The summed E-state index contributed by atoms with van der Waals surface area (Å²) in [6.45, 7) is 4.22. The van der Waals surface area contributed by atoms with Crippen LogP contribution in [0.1, 0.15) is 13.9 Å². The Kier molecular flexibility index (Phi) is 4.12. The van der Waals surface area contributed by atoms with E-state index in [-0.39, 0.29) is 0 Å². The smallest absolute Gasteiger partial charge is 0.0624 e. The first-order chi connectivity index (χ1) is 14.0. The lowest BCUT2D eigenvalue weighted by molar-refractivity contribution is 1.25. The quantitative estimate of drug-likeness (QED) is 0.368. The van der Waals surface area contributed by atoms with E-state index in [0.717, 1.165) is 28.2 Å². The van der Waals surface area contributed by atoms with E-state index in [1.54, 1.807) is 12.1 Å². The second kappa shape index (κ2) is 7.51. The SMILES string of the molecule is [3H]c1ccc(N(c2cc([3H])cc(-c3ccccc3)c2)c2ccc(C)c(C)c2)cc1. The molecule has 0 atom stereocenters. The lowest BCUT2D eigenvalue weighted by Gasteiger charge is -2.26. The van der Waals surface area contributed by atoms with Crippen molar-refractivity contribution < 1.29 is 2.74 Å². The van der Waals surface area contributed by atoms with Crippen LogP contribution in [0, 0.1) is 13.8 Å². The Balaban J connectivity index is 1.90. The molecule has 0 aliphatic heterocycles. The molecule has 132 valence electrons. The van der Waals surface area contributed by atoms with Crippen molar-refractivity contribution >= 4 is 17.1 Å². The van der Waals surface area contributed by atoms with Crippen LogP contribution < -0.4 is 4.90 Å². The monoisotopic (exact) mass is 353 g/mol. The molecular formula is C26H23N. The van der Waals surface area contributed by atoms with E-state index in [2.05, 4.69) is 55.1 Å². The molecule has 4 aromatic carbocycles. The number of nitrogens with zero attached hydrogens (tertiary/aromatic N) is 1. The highest BCUT2D eigenvalue weighted by molar-refractivity contribution is 5.80. The molecule has 0 amide bonds. The van der Waals surface area contributed by atoms with E-state index < -0.39 is 0 Å². The van der Waals surface area contributed by atoms with Crippen LogP contribution in [0.25, 0.3) is 11.1 Å². The molecule has 0 saturated heterocycles. The first kappa shape index (κ1) is 14.8. The van der Waals surface area contributed by atoms with Crippen molar-refractivity contribution in [3.05, 3.63) is 114 Å². The molecule has 0 aliphatic rings. The van der Waals surface area contributed by atoms with E-state index >= 15 is 0 Å². The van der Waals surface area contributed by atoms with Gasteiger partial charge in [0.1, 0.15) is 0 Å². The number of hydrogen-bond donors (Lipinski definition) is 0. The highest BCUT2D eigenvalue weighted by Gasteiger charge is 2.13. The van der Waals surface area contributed by atoms with Gasteiger partial charge in [-0.3, -0.25) is 0 Å². The first-order valence-corrected chi connectivity index (χ1v) is 9.12. The molecule has 27 heavy (non-hydrogen) atoms. The molecule has 0 N–H and O–H groups in total. The van der Waals surface area contributed by atoms with Gasteiger partial charge in [0, 0.05) is 17.1 Å². The van der Waals surface area contributed by atoms with Gasteiger partial charge < -0.3 is 4.90 Å². The molecule has 1 nitrogen and oxygen atoms in total. The number of para-hydroxylation sites is 1. The van der Waals surface area contributed by atoms with Crippen molar-refractivity contribution in [2.75, 3.05) is 4.90 Å². The predicted molar refractivity (Wildman–Crippen MR) is 116 cm³/mol. The van der Waals surface area contributed by atoms with Crippen LogP contribution >= 0.6 is 0 Å². The van der Waals surface area contributed by atoms with E-state index in [4.69, 9.17) is 2.74 Å². The molecule has 0 unspecified atom stereocenters. The molecule has 0 saturated carbocycles. The van der Waals surface area contributed by atoms with Gasteiger partial charge >= 0.3 is 0 Å². The number of benzene rings is 4. The molecular weight excluding hydrogens is 326 g/mol. The summed E-state index contributed by atoms with van der Waals surface area (Å²) in [6.07, 6.45) is 0. The van der Waals surface area contributed by atoms with Crippen molar-refractivity contribution in [1.29, 1.82) is 0 Å². The lowest BCUT2D eigenvalue weighted by atomic mass is 10.0. The van der Waals surface area contributed by atoms with Crippen molar-refractivity contribution in [3.8, 4) is 11.1 Å². The van der Waals surface area contributed by atoms with Gasteiger partial charge in [0.25, 0.3) is 0 Å². The minimum Gasteiger partial charge on any atom is -0.310 e. The standard InChI is InChI=1S/C26H23N/c1-20-16-17-26(18-21(20)2)27(24-13-7-4-8-14-24)25-15-9-12-23(19-25)22-10-5-3-6-11-22/h3-19H,1-2H3/i4T,9T. The topological polar surface area (TPSA) is 3.24 Å². The summed E-state index contributed by atoms with van der Waals surface area (Å²) >= 11 is 0. The number of rotatable bonds is 4. The highest BCUT2D eigenvalue weighted by atomic mass is 15.1. The van der Waals surface area contributed by atoms with E-state index in [9.17, 15) is 0 Å². The fourth-order valence-corrected chi connectivity index (χ4v) is 3.22. The second-order valence-electron chi connectivity index (χ2n) is 6.71. The van der Waals surface area contributed by atoms with Crippen molar-refractivity contribution in [1.82, 2.24) is 0 Å². The summed E-state index contributed by atoms with van der Waals surface area (Å²) < 4.78 is 16.2. The summed E-state index contributed by atoms with van der Waals surface area (Å²) in [6, 6.07) is 30.9. The van der Waals surface area contributed by atoms with Crippen LogP contribution in [0.5, 0.6) is 0 Å². The van der Waals surface area contributed by atoms with Crippen LogP contribution in [0.15, 0.2) is 103 Å². The number of anilines is 3. The van der Waals surface area contributed by atoms with Crippen LogP contribution in [-0.4, -0.2) is 0 Å². The zero-order valence-corrected chi connectivity index (χ0v) is 15.6. The Hall–Kier alpha value is -3.32. The van der Waals surface area contributed by atoms with Crippen LogP contribution in [0.3, 0.4) is 0 Å². The number of hydrogen-bond acceptors (Lipinski definition) is 1. The fraction of sp³-hybridized carbons (Fsp3) is 0.0769. The summed E-state index contributed by atoms with van der Waals surface area (Å²) in [5, 5.41) is 0. The molecule has 0 aromatic heterocycles. The minimum absolute atomic E-state index is 0.465. The Morgan fingerprint density at radius 1 is 0.556 bits per heavy atom. The van der Waals surface area contributed by atoms with Crippen molar-refractivity contribution in [2.24, 2.45) is 0 Å². The zero-order chi connectivity index (χ0) is 20.4. The maximum absolute atomic E-state index is 8.40. The van der Waals surface area contributed by atoms with E-state index in [1.807, 2.05) is 42.5 Å². The average molecular weight is 353 g/mol. The maximum atomic E-state index is 8.40. The van der Waals surface area contributed by atoms with Gasteiger partial charge in [-0.15, -0.1) is 0 Å². The second-order valence-corrected chi connectivity index (χ2v) is 6.71. The summed E-state index contributed by atoms with van der Waals surface area (Å²) in [5.74, 6) is 0. The normalized spacial score (nSPS) is 11.6. The Bertz CT molecular complexity index is 1140. The third-order valence-corrected chi connectivity index (χ3v) is 4.85. The van der Waals surface area contributed by atoms with Gasteiger partial charge in [-0.2, -0.15) is 0 Å². The largest absolute Gasteiger partial charge is 0.310 e. The highest BCUT2D eigenvalue weighted by Crippen LogP contribution is 2.36. The van der Waals surface area contributed by atoms with Crippen molar-refractivity contribution in [3.63, 3.8) is 0 Å². The Labute approximate surface area is 164 Å². The first-order valence-electron chi connectivity index (χ1n) is 10.1. The van der Waals surface area contributed by atoms with Crippen LogP contribution in [0.4, 0.5) is 17.1 Å². The molecule has 0 heterocycles. The van der Waals surface area contributed by atoms with Gasteiger partial charge in [-0.1, -0.05) is 66.7 Å².